The average Bonchev–Trinajstić information content (AvgIpc) is 2.83. The van der Waals surface area contributed by atoms with Crippen LogP contribution in [0.4, 0.5) is 17.3 Å². The lowest BCUT2D eigenvalue weighted by atomic mass is 9.99. The van der Waals surface area contributed by atoms with E-state index in [0.29, 0.717) is 5.66 Å². The second-order valence-electron chi connectivity index (χ2n) is 7.41. The Morgan fingerprint density at radius 3 is 1.18 bits per heavy atom. The fraction of sp³-hybridized carbons (Fsp3) is 0.0769. The lowest BCUT2D eigenvalue weighted by molar-refractivity contribution is -0.427. The second-order valence-corrected chi connectivity index (χ2v) is 9.74. The van der Waals surface area contributed by atoms with Crippen molar-refractivity contribution in [3.8, 4) is 0 Å². The summed E-state index contributed by atoms with van der Waals surface area (Å²) < 4.78 is 39.0. The van der Waals surface area contributed by atoms with Crippen molar-refractivity contribution in [3.05, 3.63) is 132 Å². The van der Waals surface area contributed by atoms with E-state index in [-0.39, 0.29) is 6.04 Å². The summed E-state index contributed by atoms with van der Waals surface area (Å²) in [6.07, 6.45) is 0. The number of halogens is 4. The summed E-state index contributed by atoms with van der Waals surface area (Å²) in [5, 5.41) is 2.78. The zero-order valence-corrected chi connectivity index (χ0v) is 18.8. The molecule has 4 aromatic carbocycles. The Bertz CT molecular complexity index is 1040. The average molecular weight is 469 g/mol. The molecule has 1 nitrogen and oxygen atoms in total. The number of benzene rings is 4. The summed E-state index contributed by atoms with van der Waals surface area (Å²) in [4.78, 5) is 0. The summed E-state index contributed by atoms with van der Waals surface area (Å²) in [6.45, 7) is 0. The van der Waals surface area contributed by atoms with Gasteiger partial charge in [0, 0.05) is 5.56 Å². The molecule has 0 aromatic heterocycles. The van der Waals surface area contributed by atoms with E-state index in [1.54, 1.807) is 0 Å². The smallest absolute Gasteiger partial charge is 0.418 e. The molecule has 0 aliphatic carbocycles. The Kier molecular flexibility index (Phi) is 8.82. The lowest BCUT2D eigenvalue weighted by Crippen LogP contribution is -2.56. The molecular formula is C26H25BF4NP. The molecule has 0 aliphatic heterocycles. The minimum absolute atomic E-state index is 0.162. The molecule has 0 fully saturated rings. The first-order valence-electron chi connectivity index (χ1n) is 10.5. The Morgan fingerprint density at radius 1 is 0.515 bits per heavy atom. The molecule has 0 bridgehead atoms. The number of hydrogen-bond donors (Lipinski definition) is 1. The summed E-state index contributed by atoms with van der Waals surface area (Å²) in [5.74, 6) is 0. The number of quaternary nitrogens is 1. The van der Waals surface area contributed by atoms with Gasteiger partial charge in [-0.05, 0) is 24.1 Å². The molecule has 0 saturated carbocycles. The molecule has 0 spiro atoms. The van der Waals surface area contributed by atoms with Gasteiger partial charge in [-0.15, -0.1) is 0 Å². The molecule has 4 aromatic rings. The minimum Gasteiger partial charge on any atom is -0.418 e. The Hall–Kier alpha value is -2.95. The molecule has 170 valence electrons. The van der Waals surface area contributed by atoms with Crippen molar-refractivity contribution in [3.63, 3.8) is 0 Å². The van der Waals surface area contributed by atoms with Gasteiger partial charge < -0.3 is 23.0 Å². The van der Waals surface area contributed by atoms with Gasteiger partial charge >= 0.3 is 7.25 Å². The highest BCUT2D eigenvalue weighted by molar-refractivity contribution is 7.73. The predicted molar refractivity (Wildman–Crippen MR) is 131 cm³/mol. The molecule has 33 heavy (non-hydrogen) atoms. The summed E-state index contributed by atoms with van der Waals surface area (Å²) in [7, 11) is -6.62. The zero-order chi connectivity index (χ0) is 23.7. The molecule has 0 amide bonds. The first-order valence-corrected chi connectivity index (χ1v) is 12.0. The molecule has 4 rings (SSSR count). The molecular weight excluding hydrogens is 444 g/mol. The SMILES string of the molecule is F[B-](F)(F)F.[NH3+][C@@H](c1ccccc1)[C@@H](c1ccccc1)P(c1ccccc1)c1ccccc1. The zero-order valence-electron chi connectivity index (χ0n) is 17.9. The topological polar surface area (TPSA) is 27.6 Å². The van der Waals surface area contributed by atoms with Crippen molar-refractivity contribution in [1.29, 1.82) is 0 Å². The second kappa shape index (κ2) is 11.8. The molecule has 2 atom stereocenters. The maximum atomic E-state index is 9.75. The number of rotatable bonds is 6. The van der Waals surface area contributed by atoms with Crippen molar-refractivity contribution >= 4 is 25.8 Å². The van der Waals surface area contributed by atoms with Crippen LogP contribution < -0.4 is 16.3 Å². The van der Waals surface area contributed by atoms with Crippen LogP contribution in [0.15, 0.2) is 121 Å². The first-order chi connectivity index (χ1) is 15.8. The van der Waals surface area contributed by atoms with E-state index in [4.69, 9.17) is 0 Å². The number of hydrogen-bond acceptors (Lipinski definition) is 0. The monoisotopic (exact) mass is 469 g/mol. The third-order valence-corrected chi connectivity index (χ3v) is 8.02. The van der Waals surface area contributed by atoms with Crippen LogP contribution in [0.1, 0.15) is 22.8 Å². The van der Waals surface area contributed by atoms with Crippen molar-refractivity contribution in [2.45, 2.75) is 11.7 Å². The lowest BCUT2D eigenvalue weighted by Gasteiger charge is -2.31. The standard InChI is InChI=1S/C26H24NP.BF4/c27-25(21-13-5-1-6-14-21)26(22-15-7-2-8-16-22)28(23-17-9-3-10-18-23)24-19-11-4-12-20-24;2-1(3,4)5/h1-20,25-26H,27H2;/q;-1/p+1/t25-,26+;/m0./s1. The Labute approximate surface area is 193 Å². The van der Waals surface area contributed by atoms with Gasteiger partial charge in [0.25, 0.3) is 0 Å². The van der Waals surface area contributed by atoms with Gasteiger partial charge in [0.2, 0.25) is 0 Å². The molecule has 0 heterocycles. The van der Waals surface area contributed by atoms with Gasteiger partial charge in [-0.25, -0.2) is 0 Å². The molecule has 0 saturated heterocycles. The third kappa shape index (κ3) is 7.56. The van der Waals surface area contributed by atoms with Gasteiger partial charge in [-0.1, -0.05) is 121 Å². The van der Waals surface area contributed by atoms with Crippen LogP contribution in [0.25, 0.3) is 0 Å². The highest BCUT2D eigenvalue weighted by atomic mass is 31.1. The van der Waals surface area contributed by atoms with Crippen LogP contribution >= 0.6 is 7.92 Å². The van der Waals surface area contributed by atoms with Crippen LogP contribution in [0.5, 0.6) is 0 Å². The Morgan fingerprint density at radius 2 is 0.818 bits per heavy atom. The quantitative estimate of drug-likeness (QED) is 0.200. The first kappa shape index (κ1) is 24.7. The van der Waals surface area contributed by atoms with Crippen molar-refractivity contribution in [2.75, 3.05) is 0 Å². The van der Waals surface area contributed by atoms with Gasteiger partial charge in [0.05, 0.1) is 5.66 Å². The van der Waals surface area contributed by atoms with E-state index in [1.807, 2.05) is 0 Å². The molecule has 0 unspecified atom stereocenters. The highest BCUT2D eigenvalue weighted by Crippen LogP contribution is 2.54. The third-order valence-electron chi connectivity index (χ3n) is 5.10. The van der Waals surface area contributed by atoms with E-state index in [2.05, 4.69) is 127 Å². The molecule has 7 heteroatoms. The van der Waals surface area contributed by atoms with E-state index >= 15 is 0 Å². The molecule has 0 aliphatic rings. The molecule has 0 radical (unpaired) electrons. The molecule has 3 N–H and O–H groups in total. The fourth-order valence-electron chi connectivity index (χ4n) is 3.74. The maximum absolute atomic E-state index is 9.75. The largest absolute Gasteiger partial charge is 0.673 e. The van der Waals surface area contributed by atoms with Crippen LogP contribution in [0.2, 0.25) is 0 Å². The summed E-state index contributed by atoms with van der Waals surface area (Å²) in [6, 6.07) is 43.6. The fourth-order valence-corrected chi connectivity index (χ4v) is 6.67. The van der Waals surface area contributed by atoms with E-state index in [1.165, 1.54) is 21.7 Å². The summed E-state index contributed by atoms with van der Waals surface area (Å²) >= 11 is 0. The highest BCUT2D eigenvalue weighted by Gasteiger charge is 2.34. The van der Waals surface area contributed by atoms with E-state index in [9.17, 15) is 17.3 Å². The predicted octanol–water partition coefficient (Wildman–Crippen LogP) is 6.14. The van der Waals surface area contributed by atoms with Crippen molar-refractivity contribution in [1.82, 2.24) is 0 Å². The van der Waals surface area contributed by atoms with Crippen molar-refractivity contribution in [2.24, 2.45) is 0 Å². The minimum atomic E-state index is -6.00. The Balaban J connectivity index is 0.000000555. The van der Waals surface area contributed by atoms with Crippen LogP contribution in [-0.4, -0.2) is 7.25 Å². The van der Waals surface area contributed by atoms with Gasteiger partial charge in [0.1, 0.15) is 6.04 Å². The van der Waals surface area contributed by atoms with Crippen molar-refractivity contribution < 1.29 is 23.0 Å². The maximum Gasteiger partial charge on any atom is 0.673 e. The van der Waals surface area contributed by atoms with Crippen LogP contribution in [0.3, 0.4) is 0 Å². The normalized spacial score (nSPS) is 13.0. The summed E-state index contributed by atoms with van der Waals surface area (Å²) in [5.41, 5.74) is 7.61. The van der Waals surface area contributed by atoms with E-state index < -0.39 is 15.2 Å². The van der Waals surface area contributed by atoms with Gasteiger partial charge in [-0.2, -0.15) is 0 Å². The van der Waals surface area contributed by atoms with E-state index in [0.717, 1.165) is 0 Å². The van der Waals surface area contributed by atoms with Gasteiger partial charge in [0.15, 0.2) is 0 Å². The van der Waals surface area contributed by atoms with Crippen LogP contribution in [0, 0.1) is 0 Å². The van der Waals surface area contributed by atoms with Gasteiger partial charge in [-0.3, -0.25) is 0 Å². The van der Waals surface area contributed by atoms with Crippen LogP contribution in [-0.2, 0) is 0 Å².